The zero-order valence-electron chi connectivity index (χ0n) is 13.6. The third-order valence-electron chi connectivity index (χ3n) is 5.12. The average Bonchev–Trinajstić information content (AvgIpc) is 3.02. The van der Waals surface area contributed by atoms with Crippen molar-refractivity contribution in [3.63, 3.8) is 0 Å². The third kappa shape index (κ3) is 2.90. The number of amides is 1. The molecule has 6 nitrogen and oxygen atoms in total. The van der Waals surface area contributed by atoms with Crippen molar-refractivity contribution >= 4 is 17.3 Å². The zero-order valence-corrected chi connectivity index (χ0v) is 13.6. The molecule has 0 spiro atoms. The van der Waals surface area contributed by atoms with Gasteiger partial charge in [0.2, 0.25) is 5.91 Å². The fourth-order valence-corrected chi connectivity index (χ4v) is 3.73. The highest BCUT2D eigenvalue weighted by Crippen LogP contribution is 2.40. The van der Waals surface area contributed by atoms with E-state index in [1.54, 1.807) is 12.1 Å². The summed E-state index contributed by atoms with van der Waals surface area (Å²) in [7, 11) is 0. The number of benzene rings is 1. The van der Waals surface area contributed by atoms with Gasteiger partial charge in [-0.1, -0.05) is 6.92 Å². The lowest BCUT2D eigenvalue weighted by atomic mass is 9.84. The molecule has 1 fully saturated rings. The van der Waals surface area contributed by atoms with Crippen LogP contribution in [-0.4, -0.2) is 29.5 Å². The fourth-order valence-electron chi connectivity index (χ4n) is 3.73. The van der Waals surface area contributed by atoms with E-state index in [0.29, 0.717) is 6.42 Å². The molecule has 1 amide bonds. The molecule has 23 heavy (non-hydrogen) atoms. The number of hydrogen-bond donors (Lipinski definition) is 1. The van der Waals surface area contributed by atoms with Gasteiger partial charge in [0, 0.05) is 36.4 Å². The first kappa shape index (κ1) is 15.8. The Morgan fingerprint density at radius 2 is 2.30 bits per heavy atom. The topological polar surface area (TPSA) is 75.5 Å². The van der Waals surface area contributed by atoms with Crippen LogP contribution in [0.3, 0.4) is 0 Å². The van der Waals surface area contributed by atoms with Gasteiger partial charge in [0.15, 0.2) is 0 Å². The number of nitrogens with zero attached hydrogens (tertiary/aromatic N) is 2. The summed E-state index contributed by atoms with van der Waals surface area (Å²) in [5.41, 5.74) is 2.08. The number of fused-ring (bicyclic) bond motifs is 3. The molecule has 3 atom stereocenters. The van der Waals surface area contributed by atoms with Gasteiger partial charge in [-0.3, -0.25) is 14.9 Å². The number of anilines is 1. The van der Waals surface area contributed by atoms with Crippen LogP contribution in [0, 0.1) is 16.0 Å². The molecule has 0 bridgehead atoms. The Labute approximate surface area is 136 Å². The molecular formula is C17H23N3O3. The summed E-state index contributed by atoms with van der Waals surface area (Å²) in [4.78, 5) is 25.6. The fraction of sp³-hybridized carbons (Fsp3) is 0.588. The van der Waals surface area contributed by atoms with Gasteiger partial charge in [-0.2, -0.15) is 0 Å². The van der Waals surface area contributed by atoms with Crippen molar-refractivity contribution < 1.29 is 9.72 Å². The quantitative estimate of drug-likeness (QED) is 0.684. The number of nitro groups is 1. The van der Waals surface area contributed by atoms with E-state index in [0.717, 1.165) is 37.1 Å². The van der Waals surface area contributed by atoms with Crippen molar-refractivity contribution in [3.05, 3.63) is 33.9 Å². The Kier molecular flexibility index (Phi) is 4.24. The maximum atomic E-state index is 12.7. The first-order valence-electron chi connectivity index (χ1n) is 8.35. The first-order valence-corrected chi connectivity index (χ1v) is 8.35. The van der Waals surface area contributed by atoms with Crippen LogP contribution in [0.4, 0.5) is 11.4 Å². The van der Waals surface area contributed by atoms with E-state index in [4.69, 9.17) is 0 Å². The van der Waals surface area contributed by atoms with Gasteiger partial charge in [0.1, 0.15) is 0 Å². The lowest BCUT2D eigenvalue weighted by Crippen LogP contribution is -2.49. The van der Waals surface area contributed by atoms with Gasteiger partial charge in [-0.15, -0.1) is 0 Å². The molecule has 1 aromatic carbocycles. The summed E-state index contributed by atoms with van der Waals surface area (Å²) in [5.74, 6) is -0.0468. The van der Waals surface area contributed by atoms with Crippen LogP contribution in [0.1, 0.15) is 38.7 Å². The van der Waals surface area contributed by atoms with Gasteiger partial charge in [0.25, 0.3) is 5.69 Å². The van der Waals surface area contributed by atoms with E-state index in [-0.39, 0.29) is 34.5 Å². The van der Waals surface area contributed by atoms with Gasteiger partial charge in [-0.25, -0.2) is 0 Å². The normalized spacial score (nSPS) is 23.8. The van der Waals surface area contributed by atoms with Crippen LogP contribution in [0.5, 0.6) is 0 Å². The second-order valence-corrected chi connectivity index (χ2v) is 6.60. The third-order valence-corrected chi connectivity index (χ3v) is 5.12. The van der Waals surface area contributed by atoms with E-state index in [2.05, 4.69) is 10.2 Å². The maximum Gasteiger partial charge on any atom is 0.269 e. The predicted octanol–water partition coefficient (Wildman–Crippen LogP) is 2.65. The van der Waals surface area contributed by atoms with Crippen LogP contribution in [0.2, 0.25) is 0 Å². The Bertz CT molecular complexity index is 632. The van der Waals surface area contributed by atoms with Crippen LogP contribution in [0.25, 0.3) is 0 Å². The minimum absolute atomic E-state index is 0.0772. The van der Waals surface area contributed by atoms with Gasteiger partial charge in [-0.05, 0) is 44.2 Å². The molecule has 3 rings (SSSR count). The van der Waals surface area contributed by atoms with Crippen LogP contribution >= 0.6 is 0 Å². The van der Waals surface area contributed by atoms with Crippen molar-refractivity contribution in [3.8, 4) is 0 Å². The lowest BCUT2D eigenvalue weighted by Gasteiger charge is -2.39. The number of non-ortho nitro benzene ring substituents is 1. The van der Waals surface area contributed by atoms with E-state index < -0.39 is 0 Å². The summed E-state index contributed by atoms with van der Waals surface area (Å²) in [5, 5.41) is 14.1. The van der Waals surface area contributed by atoms with Crippen LogP contribution in [0.15, 0.2) is 18.2 Å². The molecule has 3 unspecified atom stereocenters. The minimum atomic E-state index is -0.370. The monoisotopic (exact) mass is 317 g/mol. The summed E-state index contributed by atoms with van der Waals surface area (Å²) in [6.07, 6.45) is 3.55. The molecular weight excluding hydrogens is 294 g/mol. The number of nitro benzene ring substituents is 1. The Morgan fingerprint density at radius 1 is 1.52 bits per heavy atom. The molecule has 0 aliphatic carbocycles. The van der Waals surface area contributed by atoms with E-state index in [1.807, 2.05) is 19.9 Å². The highest BCUT2D eigenvalue weighted by atomic mass is 16.6. The second-order valence-electron chi connectivity index (χ2n) is 6.60. The maximum absolute atomic E-state index is 12.7. The molecule has 0 aromatic heterocycles. The van der Waals surface area contributed by atoms with E-state index in [9.17, 15) is 14.9 Å². The van der Waals surface area contributed by atoms with E-state index >= 15 is 0 Å². The summed E-state index contributed by atoms with van der Waals surface area (Å²) in [6.45, 7) is 4.97. The highest BCUT2D eigenvalue weighted by Gasteiger charge is 2.41. The zero-order chi connectivity index (χ0) is 16.6. The minimum Gasteiger partial charge on any atom is -0.368 e. The van der Waals surface area contributed by atoms with Gasteiger partial charge < -0.3 is 10.2 Å². The summed E-state index contributed by atoms with van der Waals surface area (Å²) in [6, 6.07) is 5.41. The average molecular weight is 317 g/mol. The second kappa shape index (κ2) is 6.18. The van der Waals surface area contributed by atoms with Crippen molar-refractivity contribution in [2.24, 2.45) is 5.92 Å². The van der Waals surface area contributed by atoms with Crippen LogP contribution < -0.4 is 10.2 Å². The number of carbonyl (C=O) groups excluding carboxylic acids is 1. The number of rotatable bonds is 4. The van der Waals surface area contributed by atoms with Crippen molar-refractivity contribution in [1.82, 2.24) is 5.32 Å². The molecule has 0 saturated carbocycles. The lowest BCUT2D eigenvalue weighted by molar-refractivity contribution is -0.384. The molecule has 1 saturated heterocycles. The standard InChI is InChI=1S/C17H23N3O3/c1-3-11(2)18-17(21)14-10-12-9-13(20(22)23)6-7-15(12)19-8-4-5-16(14)19/h6-7,9,11,14,16H,3-5,8,10H2,1-2H3,(H,18,21). The molecule has 2 aliphatic heterocycles. The van der Waals surface area contributed by atoms with Crippen molar-refractivity contribution in [2.45, 2.75) is 51.6 Å². The summed E-state index contributed by atoms with van der Waals surface area (Å²) < 4.78 is 0. The molecule has 1 N–H and O–H groups in total. The SMILES string of the molecule is CCC(C)NC(=O)C1Cc2cc([N+](=O)[O-])ccc2N2CCCC12. The van der Waals surface area contributed by atoms with E-state index in [1.165, 1.54) is 0 Å². The van der Waals surface area contributed by atoms with Crippen LogP contribution in [-0.2, 0) is 11.2 Å². The highest BCUT2D eigenvalue weighted by molar-refractivity contribution is 5.82. The predicted molar refractivity (Wildman–Crippen MR) is 88.6 cm³/mol. The molecule has 124 valence electrons. The molecule has 6 heteroatoms. The summed E-state index contributed by atoms with van der Waals surface area (Å²) >= 11 is 0. The Balaban J connectivity index is 1.91. The van der Waals surface area contributed by atoms with Gasteiger partial charge in [0.05, 0.1) is 10.8 Å². The molecule has 2 heterocycles. The number of hydrogen-bond acceptors (Lipinski definition) is 4. The number of nitrogens with one attached hydrogen (secondary N) is 1. The largest absolute Gasteiger partial charge is 0.368 e. The van der Waals surface area contributed by atoms with Crippen molar-refractivity contribution in [2.75, 3.05) is 11.4 Å². The number of carbonyl (C=O) groups is 1. The Morgan fingerprint density at radius 3 is 3.00 bits per heavy atom. The molecule has 1 aromatic rings. The molecule has 0 radical (unpaired) electrons. The van der Waals surface area contributed by atoms with Crippen molar-refractivity contribution in [1.29, 1.82) is 0 Å². The smallest absolute Gasteiger partial charge is 0.269 e. The Hall–Kier alpha value is -2.11. The molecule has 2 aliphatic rings. The first-order chi connectivity index (χ1) is 11.0. The van der Waals surface area contributed by atoms with Gasteiger partial charge >= 0.3 is 0 Å².